The summed E-state index contributed by atoms with van der Waals surface area (Å²) < 4.78 is 0.993. The number of benzene rings is 2. The fourth-order valence-electron chi connectivity index (χ4n) is 2.09. The number of nitrogens with one attached hydrogen (secondary N) is 1. The number of halogens is 1. The normalized spacial score (nSPS) is 13.4. The standard InChI is InChI=1S/C17H17BrN2O/c1-12(17(21)15-5-7-16(18)8-6-15)20-11-14-4-2-3-13(9-14)10-19/h2-9,12,17,20-21H,11H2,1H3. The molecule has 2 aromatic carbocycles. The lowest BCUT2D eigenvalue weighted by Crippen LogP contribution is -2.31. The zero-order valence-corrected chi connectivity index (χ0v) is 13.3. The quantitative estimate of drug-likeness (QED) is 0.872. The van der Waals surface area contributed by atoms with Gasteiger partial charge in [-0.05, 0) is 42.3 Å². The van der Waals surface area contributed by atoms with Crippen molar-refractivity contribution in [2.45, 2.75) is 25.6 Å². The molecule has 2 atom stereocenters. The Kier molecular flexibility index (Phi) is 5.51. The van der Waals surface area contributed by atoms with Crippen molar-refractivity contribution in [2.24, 2.45) is 0 Å². The molecule has 0 radical (unpaired) electrons. The smallest absolute Gasteiger partial charge is 0.0991 e. The molecule has 0 amide bonds. The Balaban J connectivity index is 1.96. The van der Waals surface area contributed by atoms with E-state index in [2.05, 4.69) is 27.3 Å². The van der Waals surface area contributed by atoms with Crippen LogP contribution in [0.15, 0.2) is 53.0 Å². The molecule has 0 aliphatic carbocycles. The number of aliphatic hydroxyl groups excluding tert-OH is 1. The van der Waals surface area contributed by atoms with Crippen molar-refractivity contribution in [1.82, 2.24) is 5.32 Å². The largest absolute Gasteiger partial charge is 0.387 e. The molecule has 3 nitrogen and oxygen atoms in total. The predicted octanol–water partition coefficient (Wildman–Crippen LogP) is 3.53. The lowest BCUT2D eigenvalue weighted by atomic mass is 10.0. The van der Waals surface area contributed by atoms with Crippen LogP contribution in [0.5, 0.6) is 0 Å². The summed E-state index contributed by atoms with van der Waals surface area (Å²) in [5, 5.41) is 22.5. The Morgan fingerprint density at radius 3 is 2.62 bits per heavy atom. The van der Waals surface area contributed by atoms with Crippen LogP contribution in [0.4, 0.5) is 0 Å². The molecule has 0 saturated heterocycles. The first-order chi connectivity index (χ1) is 10.1. The van der Waals surface area contributed by atoms with Crippen LogP contribution in [0.25, 0.3) is 0 Å². The Bertz CT molecular complexity index is 634. The van der Waals surface area contributed by atoms with Crippen molar-refractivity contribution in [2.75, 3.05) is 0 Å². The second-order valence-electron chi connectivity index (χ2n) is 4.98. The summed E-state index contributed by atoms with van der Waals surface area (Å²) in [6.45, 7) is 2.56. The average Bonchev–Trinajstić information content (AvgIpc) is 2.53. The third kappa shape index (κ3) is 4.40. The molecular weight excluding hydrogens is 328 g/mol. The number of nitrogens with zero attached hydrogens (tertiary/aromatic N) is 1. The van der Waals surface area contributed by atoms with Gasteiger partial charge in [0.05, 0.1) is 17.7 Å². The Morgan fingerprint density at radius 2 is 1.95 bits per heavy atom. The Hall–Kier alpha value is -1.67. The van der Waals surface area contributed by atoms with Crippen LogP contribution in [0.1, 0.15) is 29.7 Å². The highest BCUT2D eigenvalue weighted by molar-refractivity contribution is 9.10. The number of nitriles is 1. The van der Waals surface area contributed by atoms with Gasteiger partial charge in [0.25, 0.3) is 0 Å². The van der Waals surface area contributed by atoms with Gasteiger partial charge in [-0.3, -0.25) is 0 Å². The van der Waals surface area contributed by atoms with Crippen LogP contribution < -0.4 is 5.32 Å². The van der Waals surface area contributed by atoms with E-state index in [1.807, 2.05) is 49.4 Å². The number of rotatable bonds is 5. The molecule has 108 valence electrons. The zero-order valence-electron chi connectivity index (χ0n) is 11.8. The fourth-order valence-corrected chi connectivity index (χ4v) is 2.35. The summed E-state index contributed by atoms with van der Waals surface area (Å²) in [5.74, 6) is 0. The Morgan fingerprint density at radius 1 is 1.24 bits per heavy atom. The molecule has 0 aliphatic heterocycles. The molecule has 0 fully saturated rings. The van der Waals surface area contributed by atoms with Crippen LogP contribution in [0, 0.1) is 11.3 Å². The fraction of sp³-hybridized carbons (Fsp3) is 0.235. The second-order valence-corrected chi connectivity index (χ2v) is 5.89. The van der Waals surface area contributed by atoms with E-state index in [1.54, 1.807) is 6.07 Å². The van der Waals surface area contributed by atoms with Crippen LogP contribution in [-0.2, 0) is 6.54 Å². The minimum atomic E-state index is -0.572. The number of hydrogen-bond acceptors (Lipinski definition) is 3. The maximum atomic E-state index is 10.3. The van der Waals surface area contributed by atoms with Gasteiger partial charge in [0.15, 0.2) is 0 Å². The lowest BCUT2D eigenvalue weighted by Gasteiger charge is -2.21. The lowest BCUT2D eigenvalue weighted by molar-refractivity contribution is 0.135. The average molecular weight is 345 g/mol. The second kappa shape index (κ2) is 7.37. The van der Waals surface area contributed by atoms with E-state index in [9.17, 15) is 5.11 Å². The van der Waals surface area contributed by atoms with Crippen LogP contribution in [0.2, 0.25) is 0 Å². The topological polar surface area (TPSA) is 56.0 Å². The van der Waals surface area contributed by atoms with E-state index in [0.29, 0.717) is 12.1 Å². The molecule has 2 rings (SSSR count). The molecular formula is C17H17BrN2O. The van der Waals surface area contributed by atoms with Crippen LogP contribution in [-0.4, -0.2) is 11.1 Å². The molecule has 2 aromatic rings. The summed E-state index contributed by atoms with van der Waals surface area (Å²) in [6, 6.07) is 17.2. The summed E-state index contributed by atoms with van der Waals surface area (Å²) in [5.41, 5.74) is 2.56. The van der Waals surface area contributed by atoms with Crippen molar-refractivity contribution in [3.8, 4) is 6.07 Å². The van der Waals surface area contributed by atoms with E-state index < -0.39 is 6.10 Å². The van der Waals surface area contributed by atoms with Gasteiger partial charge in [0, 0.05) is 17.1 Å². The van der Waals surface area contributed by atoms with Crippen molar-refractivity contribution >= 4 is 15.9 Å². The predicted molar refractivity (Wildman–Crippen MR) is 86.6 cm³/mol. The molecule has 2 N–H and O–H groups in total. The monoisotopic (exact) mass is 344 g/mol. The van der Waals surface area contributed by atoms with Crippen molar-refractivity contribution in [3.63, 3.8) is 0 Å². The molecule has 0 spiro atoms. The summed E-state index contributed by atoms with van der Waals surface area (Å²) in [6.07, 6.45) is -0.572. The Labute approximate surface area is 133 Å². The highest BCUT2D eigenvalue weighted by Gasteiger charge is 2.15. The van der Waals surface area contributed by atoms with E-state index >= 15 is 0 Å². The van der Waals surface area contributed by atoms with Gasteiger partial charge in [-0.1, -0.05) is 40.2 Å². The van der Waals surface area contributed by atoms with Gasteiger partial charge in [0.2, 0.25) is 0 Å². The number of hydrogen-bond donors (Lipinski definition) is 2. The van der Waals surface area contributed by atoms with E-state index in [0.717, 1.165) is 15.6 Å². The highest BCUT2D eigenvalue weighted by atomic mass is 79.9. The minimum Gasteiger partial charge on any atom is -0.387 e. The third-order valence-corrected chi connectivity index (χ3v) is 3.90. The highest BCUT2D eigenvalue weighted by Crippen LogP contribution is 2.19. The SMILES string of the molecule is CC(NCc1cccc(C#N)c1)C(O)c1ccc(Br)cc1. The number of aliphatic hydroxyl groups is 1. The van der Waals surface area contributed by atoms with Gasteiger partial charge in [-0.2, -0.15) is 5.26 Å². The first-order valence-corrected chi connectivity index (χ1v) is 7.55. The maximum Gasteiger partial charge on any atom is 0.0991 e. The van der Waals surface area contributed by atoms with E-state index in [1.165, 1.54) is 0 Å². The van der Waals surface area contributed by atoms with E-state index in [4.69, 9.17) is 5.26 Å². The first-order valence-electron chi connectivity index (χ1n) is 6.76. The first kappa shape index (κ1) is 15.7. The van der Waals surface area contributed by atoms with Crippen LogP contribution in [0.3, 0.4) is 0 Å². The maximum absolute atomic E-state index is 10.3. The summed E-state index contributed by atoms with van der Waals surface area (Å²) in [4.78, 5) is 0. The molecule has 0 bridgehead atoms. The van der Waals surface area contributed by atoms with Gasteiger partial charge in [-0.15, -0.1) is 0 Å². The zero-order chi connectivity index (χ0) is 15.2. The molecule has 0 aromatic heterocycles. The van der Waals surface area contributed by atoms with Gasteiger partial charge >= 0.3 is 0 Å². The van der Waals surface area contributed by atoms with Crippen LogP contribution >= 0.6 is 15.9 Å². The van der Waals surface area contributed by atoms with Gasteiger partial charge in [0.1, 0.15) is 0 Å². The van der Waals surface area contributed by atoms with Gasteiger partial charge < -0.3 is 10.4 Å². The molecule has 21 heavy (non-hydrogen) atoms. The summed E-state index contributed by atoms with van der Waals surface area (Å²) in [7, 11) is 0. The molecule has 0 aliphatic rings. The minimum absolute atomic E-state index is 0.0862. The van der Waals surface area contributed by atoms with Crippen molar-refractivity contribution in [3.05, 3.63) is 69.7 Å². The molecule has 2 unspecified atom stereocenters. The molecule has 4 heteroatoms. The molecule has 0 saturated carbocycles. The van der Waals surface area contributed by atoms with Crippen molar-refractivity contribution in [1.29, 1.82) is 5.26 Å². The third-order valence-electron chi connectivity index (χ3n) is 3.37. The molecule has 0 heterocycles. The van der Waals surface area contributed by atoms with Crippen molar-refractivity contribution < 1.29 is 5.11 Å². The van der Waals surface area contributed by atoms with Gasteiger partial charge in [-0.25, -0.2) is 0 Å². The summed E-state index contributed by atoms with van der Waals surface area (Å²) >= 11 is 3.38. The van der Waals surface area contributed by atoms with E-state index in [-0.39, 0.29) is 6.04 Å².